The number of piperazine rings is 1. The number of piperidine rings is 1. The van der Waals surface area contributed by atoms with Gasteiger partial charge in [-0.2, -0.15) is 28.4 Å². The number of likely N-dealkylation sites (N-methyl/N-ethyl adjacent to an activating group) is 1. The number of phenols is 2. The number of likely N-dealkylation sites (tertiary alicyclic amines) is 2. The van der Waals surface area contributed by atoms with Crippen molar-refractivity contribution in [1.29, 1.82) is 5.26 Å². The van der Waals surface area contributed by atoms with Crippen molar-refractivity contribution in [3.63, 3.8) is 0 Å². The van der Waals surface area contributed by atoms with Crippen molar-refractivity contribution in [2.24, 2.45) is 5.92 Å². The number of carbonyl (C=O) groups excluding carboxylic acids is 3. The highest BCUT2D eigenvalue weighted by Crippen LogP contribution is 2.40. The zero-order chi connectivity index (χ0) is 58.7. The maximum atomic E-state index is 13.6. The number of fused-ring (bicyclic) bond motifs is 2. The molecular formula is C60H66ClF3N12O7. The fourth-order valence-corrected chi connectivity index (χ4v) is 12.1. The Kier molecular flexibility index (Phi) is 17.4. The van der Waals surface area contributed by atoms with Gasteiger partial charge in [0.15, 0.2) is 5.82 Å². The van der Waals surface area contributed by atoms with Crippen molar-refractivity contribution < 1.29 is 47.2 Å². The lowest BCUT2D eigenvalue weighted by atomic mass is 9.90. The number of ether oxygens (including phenoxy) is 2. The van der Waals surface area contributed by atoms with Gasteiger partial charge in [-0.1, -0.05) is 68.4 Å². The topological polar surface area (TPSA) is 219 Å². The first-order valence-corrected chi connectivity index (χ1v) is 28.3. The van der Waals surface area contributed by atoms with Crippen molar-refractivity contribution in [1.82, 2.24) is 44.7 Å². The first-order valence-electron chi connectivity index (χ1n) is 27.9. The molecule has 3 N–H and O–H groups in total. The Bertz CT molecular complexity index is 3430. The third-order valence-corrected chi connectivity index (χ3v) is 16.6. The second-order valence-corrected chi connectivity index (χ2v) is 22.5. The molecule has 4 aliphatic rings. The van der Waals surface area contributed by atoms with E-state index in [0.717, 1.165) is 58.0 Å². The highest BCUT2D eigenvalue weighted by molar-refractivity contribution is 6.36. The molecule has 3 fully saturated rings. The predicted octanol–water partition coefficient (Wildman–Crippen LogP) is 7.99. The largest absolute Gasteiger partial charge is 0.508 e. The Hall–Kier alpha value is -8.00. The first kappa shape index (κ1) is 58.2. The molecule has 19 nitrogen and oxygen atoms in total. The summed E-state index contributed by atoms with van der Waals surface area (Å²) in [7, 11) is 2.00. The summed E-state index contributed by atoms with van der Waals surface area (Å²) in [5.41, 5.74) is 4.77. The smallest absolute Gasteiger partial charge is 0.405 e. The van der Waals surface area contributed by atoms with Gasteiger partial charge in [0, 0.05) is 80.2 Å². The number of rotatable bonds is 17. The Balaban J connectivity index is 0.752. The Labute approximate surface area is 483 Å². The minimum atomic E-state index is -4.67. The molecule has 2 aromatic heterocycles. The van der Waals surface area contributed by atoms with E-state index in [4.69, 9.17) is 31.0 Å². The van der Waals surface area contributed by atoms with Crippen LogP contribution in [-0.2, 0) is 33.7 Å². The SMILES string of the molecule is C=CC(=O)N1CCN(c2nc(OC[C@@H]3C[C@@H](OCC(=O)N4CCC(Cc5ccc(-n6c(C(=O)NCC(F)(F)F)nnc6-c6cc(C(C)C)c(O)cc6O)cc5)CC4)CN3C)nc3c2CCN(c2cccc4cccc(Cl)c24)C3)CC1CC#N. The highest BCUT2D eigenvalue weighted by atomic mass is 35.5. The zero-order valence-electron chi connectivity index (χ0n) is 46.5. The number of alkyl halides is 3. The quantitative estimate of drug-likeness (QED) is 0.0738. The van der Waals surface area contributed by atoms with E-state index in [-0.39, 0.29) is 90.4 Å². The molecule has 1 unspecified atom stereocenters. The Morgan fingerprint density at radius 3 is 2.42 bits per heavy atom. The number of nitrogens with zero attached hydrogens (tertiary/aromatic N) is 11. The molecule has 0 radical (unpaired) electrons. The van der Waals surface area contributed by atoms with Gasteiger partial charge in [-0.05, 0) is 104 Å². The second kappa shape index (κ2) is 24.8. The summed E-state index contributed by atoms with van der Waals surface area (Å²) in [6.45, 7) is 10.2. The molecule has 0 aliphatic carbocycles. The van der Waals surface area contributed by atoms with Gasteiger partial charge in [0.05, 0.1) is 47.5 Å². The third-order valence-electron chi connectivity index (χ3n) is 16.3. The van der Waals surface area contributed by atoms with Crippen LogP contribution < -0.4 is 19.9 Å². The lowest BCUT2D eigenvalue weighted by Gasteiger charge is -2.42. The number of halogens is 4. The lowest BCUT2D eigenvalue weighted by molar-refractivity contribution is -0.139. The van der Waals surface area contributed by atoms with Gasteiger partial charge in [-0.3, -0.25) is 23.9 Å². The summed E-state index contributed by atoms with van der Waals surface area (Å²) in [6, 6.07) is 23.9. The van der Waals surface area contributed by atoms with E-state index in [2.05, 4.69) is 43.6 Å². The van der Waals surface area contributed by atoms with Crippen LogP contribution in [0.3, 0.4) is 0 Å². The summed E-state index contributed by atoms with van der Waals surface area (Å²) in [6.07, 6.45) is 0.0369. The van der Waals surface area contributed by atoms with E-state index >= 15 is 0 Å². The first-order chi connectivity index (χ1) is 39.9. The van der Waals surface area contributed by atoms with Crippen LogP contribution in [0.15, 0.2) is 85.5 Å². The summed E-state index contributed by atoms with van der Waals surface area (Å²) < 4.78 is 53.5. The molecule has 4 aromatic carbocycles. The van der Waals surface area contributed by atoms with Gasteiger partial charge in [0.25, 0.3) is 5.91 Å². The summed E-state index contributed by atoms with van der Waals surface area (Å²) in [5.74, 6) is -1.52. The van der Waals surface area contributed by atoms with Crippen molar-refractivity contribution in [2.75, 3.05) is 82.4 Å². The average Bonchev–Trinajstić information content (AvgIpc) is 4.33. The molecule has 23 heteroatoms. The fourth-order valence-electron chi connectivity index (χ4n) is 11.8. The van der Waals surface area contributed by atoms with Crippen molar-refractivity contribution in [2.45, 2.75) is 89.2 Å². The van der Waals surface area contributed by atoms with Gasteiger partial charge >= 0.3 is 12.2 Å². The minimum absolute atomic E-state index is 0.00706. The molecule has 6 heterocycles. The van der Waals surface area contributed by atoms with Gasteiger partial charge < -0.3 is 44.6 Å². The molecule has 3 amide bonds. The van der Waals surface area contributed by atoms with Crippen LogP contribution in [0, 0.1) is 17.2 Å². The summed E-state index contributed by atoms with van der Waals surface area (Å²) in [5, 5.41) is 43.8. The van der Waals surface area contributed by atoms with Crippen LogP contribution in [0.2, 0.25) is 5.02 Å². The molecule has 436 valence electrons. The average molecular weight is 1160 g/mol. The Morgan fingerprint density at radius 2 is 1.70 bits per heavy atom. The number of aromatic hydroxyl groups is 2. The molecule has 4 aliphatic heterocycles. The fraction of sp³-hybridized carbons (Fsp3) is 0.433. The summed E-state index contributed by atoms with van der Waals surface area (Å²) >= 11 is 6.80. The third kappa shape index (κ3) is 13.0. The number of nitriles is 1. The monoisotopic (exact) mass is 1160 g/mol. The molecule has 6 aromatic rings. The van der Waals surface area contributed by atoms with Crippen molar-refractivity contribution >= 4 is 51.6 Å². The molecule has 3 atom stereocenters. The zero-order valence-corrected chi connectivity index (χ0v) is 47.2. The molecule has 0 saturated carbocycles. The molecule has 10 rings (SSSR count). The number of benzene rings is 4. The Morgan fingerprint density at radius 1 is 0.940 bits per heavy atom. The number of amides is 3. The number of anilines is 2. The maximum Gasteiger partial charge on any atom is 0.405 e. The number of hydrogen-bond acceptors (Lipinski definition) is 15. The van der Waals surface area contributed by atoms with Gasteiger partial charge in [0.2, 0.25) is 17.6 Å². The van der Waals surface area contributed by atoms with Crippen molar-refractivity contribution in [3.8, 4) is 40.7 Å². The van der Waals surface area contributed by atoms with Gasteiger partial charge in [0.1, 0.15) is 37.1 Å². The van der Waals surface area contributed by atoms with Crippen molar-refractivity contribution in [3.05, 3.63) is 119 Å². The van der Waals surface area contributed by atoms with Gasteiger partial charge in [-0.25, -0.2) is 0 Å². The normalized spacial score (nSPS) is 18.8. The molecular weight excluding hydrogens is 1090 g/mol. The van der Waals surface area contributed by atoms with E-state index in [1.807, 2.05) is 73.6 Å². The lowest BCUT2D eigenvalue weighted by Crippen LogP contribution is -2.55. The number of aromatic nitrogens is 5. The molecule has 83 heavy (non-hydrogen) atoms. The van der Waals surface area contributed by atoms with E-state index in [9.17, 15) is 43.0 Å². The minimum Gasteiger partial charge on any atom is -0.508 e. The second-order valence-electron chi connectivity index (χ2n) is 22.1. The number of hydrogen-bond donors (Lipinski definition) is 3. The standard InChI is InChI=1S/C60H66ClF3N12O7/c1-5-52(79)75-25-24-74(30-41(75)16-20-65)55-44-19-23-73(49-11-7-9-39-8-6-10-47(61)54(39)49)32-48(44)67-59(68-55)83-33-42-27-43(31-71(42)4)82-34-53(80)72-21-17-38(18-22-72)26-37-12-14-40(15-13-37)76-56(46-28-45(36(2)3)50(77)29-51(46)78)69-70-57(76)58(81)66-35-60(62,63)64/h5-15,28-29,36,38,41-43,77-78H,1,16-19,21-27,30-35H2,2-4H3,(H,66,81)/t41?,42-,43+/m0/s1. The molecule has 0 spiro atoms. The number of phenolic OH excluding ortho intramolecular Hbond substituents is 2. The predicted molar refractivity (Wildman–Crippen MR) is 306 cm³/mol. The van der Waals surface area contributed by atoms with E-state index in [0.29, 0.717) is 87.9 Å². The van der Waals surface area contributed by atoms with Crippen LogP contribution in [0.4, 0.5) is 24.7 Å². The van der Waals surface area contributed by atoms with E-state index in [1.165, 1.54) is 16.7 Å². The number of nitrogens with one attached hydrogen (secondary N) is 1. The van der Waals surface area contributed by atoms with Crippen LogP contribution in [0.1, 0.15) is 78.5 Å². The van der Waals surface area contributed by atoms with E-state index < -0.39 is 24.5 Å². The number of carbonyl (C=O) groups is 3. The van der Waals surface area contributed by atoms with Crippen LogP contribution in [0.5, 0.6) is 17.5 Å². The van der Waals surface area contributed by atoms with Crippen LogP contribution in [-0.4, -0.2) is 164 Å². The maximum absolute atomic E-state index is 13.6. The van der Waals surface area contributed by atoms with Gasteiger partial charge in [-0.15, -0.1) is 10.2 Å². The molecule has 0 bridgehead atoms. The highest BCUT2D eigenvalue weighted by Gasteiger charge is 2.37. The van der Waals surface area contributed by atoms with E-state index in [1.54, 1.807) is 17.0 Å². The molecule has 3 saturated heterocycles. The van der Waals surface area contributed by atoms with Crippen LogP contribution in [0.25, 0.3) is 27.8 Å². The summed E-state index contributed by atoms with van der Waals surface area (Å²) in [4.78, 5) is 59.8. The van der Waals surface area contributed by atoms with Crippen LogP contribution >= 0.6 is 11.6 Å².